The Balaban J connectivity index is 1.74. The van der Waals surface area contributed by atoms with Crippen LogP contribution in [0.4, 0.5) is 0 Å². The average molecular weight is 276 g/mol. The third-order valence-corrected chi connectivity index (χ3v) is 3.75. The van der Waals surface area contributed by atoms with Gasteiger partial charge < -0.3 is 15.8 Å². The summed E-state index contributed by atoms with van der Waals surface area (Å²) in [5.74, 6) is 0.668. The van der Waals surface area contributed by atoms with Crippen molar-refractivity contribution in [1.29, 1.82) is 0 Å². The summed E-state index contributed by atoms with van der Waals surface area (Å²) >= 11 is 0. The molecule has 0 heterocycles. The van der Waals surface area contributed by atoms with E-state index in [1.807, 2.05) is 31.2 Å². The Hall–Kier alpha value is -1.55. The van der Waals surface area contributed by atoms with E-state index in [1.165, 1.54) is 19.3 Å². The normalized spacial score (nSPS) is 17.5. The molecule has 0 spiro atoms. The molecule has 0 aliphatic heterocycles. The molecule has 1 saturated carbocycles. The lowest BCUT2D eigenvalue weighted by molar-refractivity contribution is -0.124. The van der Waals surface area contributed by atoms with Crippen LogP contribution in [0.1, 0.15) is 50.6 Å². The van der Waals surface area contributed by atoms with E-state index in [0.29, 0.717) is 11.8 Å². The minimum Gasteiger partial charge on any atom is -0.484 e. The Kier molecular flexibility index (Phi) is 5.41. The number of benzene rings is 1. The van der Waals surface area contributed by atoms with Gasteiger partial charge in [-0.05, 0) is 37.5 Å². The molecule has 1 aliphatic rings. The molecule has 0 radical (unpaired) electrons. The summed E-state index contributed by atoms with van der Waals surface area (Å²) in [6, 6.07) is 7.91. The highest BCUT2D eigenvalue weighted by Gasteiger charge is 2.15. The Labute approximate surface area is 120 Å². The number of carbonyl (C=O) groups excluding carboxylic acids is 1. The Bertz CT molecular complexity index is 423. The van der Waals surface area contributed by atoms with E-state index in [2.05, 4.69) is 5.32 Å². The molecule has 2 rings (SSSR count). The van der Waals surface area contributed by atoms with E-state index in [4.69, 9.17) is 10.5 Å². The molecule has 1 atom stereocenters. The van der Waals surface area contributed by atoms with E-state index in [0.717, 1.165) is 18.4 Å². The molecular formula is C16H24N2O2. The van der Waals surface area contributed by atoms with Gasteiger partial charge in [-0.2, -0.15) is 0 Å². The lowest BCUT2D eigenvalue weighted by atomic mass is 9.95. The van der Waals surface area contributed by atoms with Crippen LogP contribution in [-0.4, -0.2) is 18.6 Å². The molecule has 1 aromatic carbocycles. The van der Waals surface area contributed by atoms with Crippen LogP contribution < -0.4 is 15.8 Å². The van der Waals surface area contributed by atoms with Gasteiger partial charge in [0, 0.05) is 12.1 Å². The maximum atomic E-state index is 11.8. The van der Waals surface area contributed by atoms with Crippen molar-refractivity contribution < 1.29 is 9.53 Å². The summed E-state index contributed by atoms with van der Waals surface area (Å²) in [5.41, 5.74) is 6.84. The van der Waals surface area contributed by atoms with Crippen molar-refractivity contribution in [1.82, 2.24) is 5.32 Å². The number of nitrogens with two attached hydrogens (primary N) is 1. The van der Waals surface area contributed by atoms with Gasteiger partial charge in [0.05, 0.1) is 0 Å². The molecule has 0 aromatic heterocycles. The second-order valence-corrected chi connectivity index (χ2v) is 5.55. The first kappa shape index (κ1) is 14.9. The summed E-state index contributed by atoms with van der Waals surface area (Å²) < 4.78 is 5.49. The lowest BCUT2D eigenvalue weighted by Gasteiger charge is -2.22. The van der Waals surface area contributed by atoms with E-state index < -0.39 is 0 Å². The largest absolute Gasteiger partial charge is 0.484 e. The van der Waals surface area contributed by atoms with Gasteiger partial charge in [0.2, 0.25) is 0 Å². The minimum atomic E-state index is -0.0341. The van der Waals surface area contributed by atoms with Crippen LogP contribution in [0.2, 0.25) is 0 Å². The number of ether oxygens (including phenoxy) is 1. The van der Waals surface area contributed by atoms with Crippen LogP contribution in [0, 0.1) is 0 Å². The van der Waals surface area contributed by atoms with Gasteiger partial charge in [0.1, 0.15) is 5.75 Å². The smallest absolute Gasteiger partial charge is 0.258 e. The van der Waals surface area contributed by atoms with E-state index in [-0.39, 0.29) is 18.6 Å². The summed E-state index contributed by atoms with van der Waals surface area (Å²) in [7, 11) is 0. The SMILES string of the molecule is CC(N)c1ccc(OCC(=O)NC2CCCCC2)cc1. The predicted octanol–water partition coefficient (Wildman–Crippen LogP) is 2.53. The number of hydrogen-bond donors (Lipinski definition) is 2. The van der Waals surface area contributed by atoms with Crippen LogP contribution >= 0.6 is 0 Å². The molecule has 4 heteroatoms. The van der Waals surface area contributed by atoms with Gasteiger partial charge in [-0.25, -0.2) is 0 Å². The molecule has 4 nitrogen and oxygen atoms in total. The maximum Gasteiger partial charge on any atom is 0.258 e. The molecule has 1 fully saturated rings. The number of nitrogens with one attached hydrogen (secondary N) is 1. The van der Waals surface area contributed by atoms with Crippen molar-refractivity contribution in [3.8, 4) is 5.75 Å². The van der Waals surface area contributed by atoms with E-state index in [1.54, 1.807) is 0 Å². The number of rotatable bonds is 5. The highest BCUT2D eigenvalue weighted by Crippen LogP contribution is 2.18. The van der Waals surface area contributed by atoms with Crippen molar-refractivity contribution in [2.75, 3.05) is 6.61 Å². The van der Waals surface area contributed by atoms with Gasteiger partial charge in [-0.1, -0.05) is 31.4 Å². The molecular weight excluding hydrogens is 252 g/mol. The zero-order chi connectivity index (χ0) is 14.4. The van der Waals surface area contributed by atoms with Gasteiger partial charge in [0.25, 0.3) is 5.91 Å². The molecule has 0 bridgehead atoms. The second kappa shape index (κ2) is 7.29. The van der Waals surface area contributed by atoms with Crippen molar-refractivity contribution in [2.45, 2.75) is 51.1 Å². The fourth-order valence-corrected chi connectivity index (χ4v) is 2.53. The molecule has 3 N–H and O–H groups in total. The first-order chi connectivity index (χ1) is 9.65. The monoisotopic (exact) mass is 276 g/mol. The molecule has 1 aromatic rings. The van der Waals surface area contributed by atoms with Crippen LogP contribution in [0.5, 0.6) is 5.75 Å². The molecule has 1 amide bonds. The molecule has 0 saturated heterocycles. The average Bonchev–Trinajstić information content (AvgIpc) is 2.46. The van der Waals surface area contributed by atoms with E-state index in [9.17, 15) is 4.79 Å². The minimum absolute atomic E-state index is 0.0126. The topological polar surface area (TPSA) is 64.3 Å². The number of carbonyl (C=O) groups is 1. The van der Waals surface area contributed by atoms with Gasteiger partial charge in [-0.15, -0.1) is 0 Å². The van der Waals surface area contributed by atoms with Crippen molar-refractivity contribution >= 4 is 5.91 Å². The number of amides is 1. The molecule has 110 valence electrons. The summed E-state index contributed by atoms with van der Waals surface area (Å²) in [6.07, 6.45) is 5.90. The molecule has 20 heavy (non-hydrogen) atoms. The van der Waals surface area contributed by atoms with Crippen molar-refractivity contribution in [3.63, 3.8) is 0 Å². The van der Waals surface area contributed by atoms with Crippen molar-refractivity contribution in [2.24, 2.45) is 5.73 Å². The van der Waals surface area contributed by atoms with Crippen molar-refractivity contribution in [3.05, 3.63) is 29.8 Å². The van der Waals surface area contributed by atoms with Crippen LogP contribution in [0.25, 0.3) is 0 Å². The van der Waals surface area contributed by atoms with Gasteiger partial charge in [-0.3, -0.25) is 4.79 Å². The zero-order valence-corrected chi connectivity index (χ0v) is 12.1. The highest BCUT2D eigenvalue weighted by molar-refractivity contribution is 5.77. The Morgan fingerprint density at radius 3 is 2.55 bits per heavy atom. The van der Waals surface area contributed by atoms with Crippen LogP contribution in [0.3, 0.4) is 0 Å². The summed E-state index contributed by atoms with van der Waals surface area (Å²) in [5, 5.41) is 3.03. The first-order valence-electron chi connectivity index (χ1n) is 7.43. The fourth-order valence-electron chi connectivity index (χ4n) is 2.53. The lowest BCUT2D eigenvalue weighted by Crippen LogP contribution is -2.38. The van der Waals surface area contributed by atoms with Crippen LogP contribution in [0.15, 0.2) is 24.3 Å². The predicted molar refractivity (Wildman–Crippen MR) is 79.6 cm³/mol. The summed E-state index contributed by atoms with van der Waals surface area (Å²) in [6.45, 7) is 2.02. The highest BCUT2D eigenvalue weighted by atomic mass is 16.5. The quantitative estimate of drug-likeness (QED) is 0.868. The maximum absolute atomic E-state index is 11.8. The van der Waals surface area contributed by atoms with Crippen LogP contribution in [-0.2, 0) is 4.79 Å². The Morgan fingerprint density at radius 1 is 1.30 bits per heavy atom. The van der Waals surface area contributed by atoms with Gasteiger partial charge in [0.15, 0.2) is 6.61 Å². The standard InChI is InChI=1S/C16H24N2O2/c1-12(17)13-7-9-15(10-8-13)20-11-16(19)18-14-5-3-2-4-6-14/h7-10,12,14H,2-6,11,17H2,1H3,(H,18,19). The summed E-state index contributed by atoms with van der Waals surface area (Å²) in [4.78, 5) is 11.8. The third-order valence-electron chi connectivity index (χ3n) is 3.75. The molecule has 1 aliphatic carbocycles. The first-order valence-corrected chi connectivity index (χ1v) is 7.43. The van der Waals surface area contributed by atoms with E-state index >= 15 is 0 Å². The third kappa shape index (κ3) is 4.53. The number of hydrogen-bond acceptors (Lipinski definition) is 3. The fraction of sp³-hybridized carbons (Fsp3) is 0.562. The Morgan fingerprint density at radius 2 is 1.95 bits per heavy atom. The molecule has 1 unspecified atom stereocenters. The zero-order valence-electron chi connectivity index (χ0n) is 12.1. The second-order valence-electron chi connectivity index (χ2n) is 5.55. The van der Waals surface area contributed by atoms with Gasteiger partial charge >= 0.3 is 0 Å².